The average Bonchev–Trinajstić information content (AvgIpc) is 2.31. The molecule has 2 aromatic rings. The molecule has 1 atom stereocenters. The molecule has 0 aliphatic heterocycles. The van der Waals surface area contributed by atoms with Crippen LogP contribution in [0.5, 0.6) is 0 Å². The van der Waals surface area contributed by atoms with Crippen LogP contribution in [0.2, 0.25) is 5.02 Å². The van der Waals surface area contributed by atoms with Crippen molar-refractivity contribution < 1.29 is 0 Å². The number of nitrogens with two attached hydrogens (primary N) is 1. The predicted octanol–water partition coefficient (Wildman–Crippen LogP) is 4.27. The standard InChI is InChI=1S/C15H16BrClN2/c1-9-5-10(2)7-11(6-9)15(19-18)13-4-3-12(17)8-14(13)16/h3-8,15,19H,18H2,1-2H3. The molecule has 0 aromatic heterocycles. The summed E-state index contributed by atoms with van der Waals surface area (Å²) < 4.78 is 0.946. The Morgan fingerprint density at radius 3 is 2.26 bits per heavy atom. The first-order valence-electron chi connectivity index (χ1n) is 6.00. The third-order valence-electron chi connectivity index (χ3n) is 3.02. The number of hydrogen-bond donors (Lipinski definition) is 2. The van der Waals surface area contributed by atoms with Gasteiger partial charge in [-0.15, -0.1) is 0 Å². The van der Waals surface area contributed by atoms with Crippen LogP contribution in [0.15, 0.2) is 40.9 Å². The van der Waals surface area contributed by atoms with Crippen molar-refractivity contribution in [2.24, 2.45) is 5.84 Å². The van der Waals surface area contributed by atoms with Gasteiger partial charge in [-0.2, -0.15) is 0 Å². The Labute approximate surface area is 127 Å². The Morgan fingerprint density at radius 2 is 1.74 bits per heavy atom. The van der Waals surface area contributed by atoms with Gasteiger partial charge in [0.2, 0.25) is 0 Å². The molecule has 0 fully saturated rings. The highest BCUT2D eigenvalue weighted by atomic mass is 79.9. The van der Waals surface area contributed by atoms with Gasteiger partial charge in [0.1, 0.15) is 0 Å². The summed E-state index contributed by atoms with van der Waals surface area (Å²) in [7, 11) is 0. The van der Waals surface area contributed by atoms with Gasteiger partial charge < -0.3 is 0 Å². The minimum Gasteiger partial charge on any atom is -0.271 e. The molecule has 0 bridgehead atoms. The third kappa shape index (κ3) is 3.37. The van der Waals surface area contributed by atoms with Gasteiger partial charge in [-0.05, 0) is 37.1 Å². The van der Waals surface area contributed by atoms with Crippen LogP contribution < -0.4 is 11.3 Å². The molecular formula is C15H16BrClN2. The highest BCUT2D eigenvalue weighted by molar-refractivity contribution is 9.10. The fourth-order valence-corrected chi connectivity index (χ4v) is 3.19. The summed E-state index contributed by atoms with van der Waals surface area (Å²) in [5.41, 5.74) is 7.53. The van der Waals surface area contributed by atoms with Gasteiger partial charge in [0.25, 0.3) is 0 Å². The monoisotopic (exact) mass is 338 g/mol. The normalized spacial score (nSPS) is 12.5. The van der Waals surface area contributed by atoms with Crippen molar-refractivity contribution in [2.75, 3.05) is 0 Å². The highest BCUT2D eigenvalue weighted by Crippen LogP contribution is 2.31. The van der Waals surface area contributed by atoms with Crippen LogP contribution >= 0.6 is 27.5 Å². The molecule has 2 rings (SSSR count). The van der Waals surface area contributed by atoms with E-state index in [1.165, 1.54) is 11.1 Å². The molecule has 4 heteroatoms. The molecule has 0 amide bonds. The Kier molecular flexibility index (Phi) is 4.63. The molecule has 0 heterocycles. The average molecular weight is 340 g/mol. The zero-order chi connectivity index (χ0) is 14.0. The van der Waals surface area contributed by atoms with Gasteiger partial charge in [0.05, 0.1) is 6.04 Å². The van der Waals surface area contributed by atoms with Crippen molar-refractivity contribution in [3.8, 4) is 0 Å². The van der Waals surface area contributed by atoms with Crippen LogP contribution in [0, 0.1) is 13.8 Å². The summed E-state index contributed by atoms with van der Waals surface area (Å²) in [6, 6.07) is 12.1. The van der Waals surface area contributed by atoms with Gasteiger partial charge >= 0.3 is 0 Å². The summed E-state index contributed by atoms with van der Waals surface area (Å²) in [5.74, 6) is 5.74. The van der Waals surface area contributed by atoms with E-state index in [-0.39, 0.29) is 6.04 Å². The van der Waals surface area contributed by atoms with E-state index in [1.54, 1.807) is 0 Å². The van der Waals surface area contributed by atoms with Gasteiger partial charge in [-0.3, -0.25) is 5.84 Å². The molecule has 0 aliphatic carbocycles. The van der Waals surface area contributed by atoms with Crippen molar-refractivity contribution in [2.45, 2.75) is 19.9 Å². The van der Waals surface area contributed by atoms with Crippen LogP contribution in [0.1, 0.15) is 28.3 Å². The lowest BCUT2D eigenvalue weighted by Gasteiger charge is -2.19. The lowest BCUT2D eigenvalue weighted by molar-refractivity contribution is 0.634. The first-order chi connectivity index (χ1) is 9.01. The number of rotatable bonds is 3. The first kappa shape index (κ1) is 14.5. The molecule has 0 aliphatic rings. The second kappa shape index (κ2) is 6.06. The topological polar surface area (TPSA) is 38.0 Å². The van der Waals surface area contributed by atoms with E-state index in [1.807, 2.05) is 18.2 Å². The molecule has 0 spiro atoms. The lowest BCUT2D eigenvalue weighted by Crippen LogP contribution is -2.29. The molecule has 0 radical (unpaired) electrons. The second-order valence-electron chi connectivity index (χ2n) is 4.69. The smallest absolute Gasteiger partial charge is 0.0721 e. The zero-order valence-electron chi connectivity index (χ0n) is 10.9. The molecule has 100 valence electrons. The molecule has 2 aromatic carbocycles. The SMILES string of the molecule is Cc1cc(C)cc(C(NN)c2ccc(Cl)cc2Br)c1. The van der Waals surface area contributed by atoms with E-state index in [2.05, 4.69) is 53.4 Å². The van der Waals surface area contributed by atoms with Gasteiger partial charge in [0, 0.05) is 9.50 Å². The number of hydrogen-bond acceptors (Lipinski definition) is 2. The van der Waals surface area contributed by atoms with Crippen molar-refractivity contribution in [1.29, 1.82) is 0 Å². The number of benzene rings is 2. The van der Waals surface area contributed by atoms with Gasteiger partial charge in [-0.1, -0.05) is 62.9 Å². The Balaban J connectivity index is 2.49. The largest absolute Gasteiger partial charge is 0.271 e. The van der Waals surface area contributed by atoms with Crippen LogP contribution in [-0.4, -0.2) is 0 Å². The van der Waals surface area contributed by atoms with E-state index in [9.17, 15) is 0 Å². The summed E-state index contributed by atoms with van der Waals surface area (Å²) in [6.45, 7) is 4.17. The summed E-state index contributed by atoms with van der Waals surface area (Å²) in [4.78, 5) is 0. The first-order valence-corrected chi connectivity index (χ1v) is 7.17. The van der Waals surface area contributed by atoms with Crippen LogP contribution in [0.4, 0.5) is 0 Å². The summed E-state index contributed by atoms with van der Waals surface area (Å²) in [6.07, 6.45) is 0. The maximum absolute atomic E-state index is 5.98. The maximum atomic E-state index is 5.98. The quantitative estimate of drug-likeness (QED) is 0.647. The number of halogens is 2. The lowest BCUT2D eigenvalue weighted by atomic mass is 9.96. The van der Waals surface area contributed by atoms with Crippen molar-refractivity contribution >= 4 is 27.5 Å². The molecule has 3 N–H and O–H groups in total. The molecule has 2 nitrogen and oxygen atoms in total. The van der Waals surface area contributed by atoms with Crippen molar-refractivity contribution in [3.05, 3.63) is 68.1 Å². The summed E-state index contributed by atoms with van der Waals surface area (Å²) in [5, 5.41) is 0.701. The zero-order valence-corrected chi connectivity index (χ0v) is 13.2. The maximum Gasteiger partial charge on any atom is 0.0721 e. The minimum atomic E-state index is -0.0646. The minimum absolute atomic E-state index is 0.0646. The number of aryl methyl sites for hydroxylation is 2. The van der Waals surface area contributed by atoms with Crippen LogP contribution in [0.25, 0.3) is 0 Å². The van der Waals surface area contributed by atoms with Crippen molar-refractivity contribution in [3.63, 3.8) is 0 Å². The van der Waals surface area contributed by atoms with E-state index >= 15 is 0 Å². The predicted molar refractivity (Wildman–Crippen MR) is 84.2 cm³/mol. The van der Waals surface area contributed by atoms with Gasteiger partial charge in [-0.25, -0.2) is 5.43 Å². The molecule has 19 heavy (non-hydrogen) atoms. The molecule has 0 saturated heterocycles. The number of nitrogens with one attached hydrogen (secondary N) is 1. The fourth-order valence-electron chi connectivity index (χ4n) is 2.28. The molecule has 1 unspecified atom stereocenters. The Bertz CT molecular complexity index is 578. The molecular weight excluding hydrogens is 324 g/mol. The number of hydrazine groups is 1. The van der Waals surface area contributed by atoms with E-state index in [4.69, 9.17) is 17.4 Å². The molecule has 0 saturated carbocycles. The Hall–Kier alpha value is -0.870. The summed E-state index contributed by atoms with van der Waals surface area (Å²) >= 11 is 9.52. The van der Waals surface area contributed by atoms with E-state index in [0.29, 0.717) is 5.02 Å². The van der Waals surface area contributed by atoms with Gasteiger partial charge in [0.15, 0.2) is 0 Å². The van der Waals surface area contributed by atoms with Crippen LogP contribution in [0.3, 0.4) is 0 Å². The third-order valence-corrected chi connectivity index (χ3v) is 3.94. The second-order valence-corrected chi connectivity index (χ2v) is 5.98. The Morgan fingerprint density at radius 1 is 1.11 bits per heavy atom. The van der Waals surface area contributed by atoms with E-state index in [0.717, 1.165) is 15.6 Å². The van der Waals surface area contributed by atoms with E-state index < -0.39 is 0 Å². The highest BCUT2D eigenvalue weighted by Gasteiger charge is 2.16. The van der Waals surface area contributed by atoms with Crippen LogP contribution in [-0.2, 0) is 0 Å². The van der Waals surface area contributed by atoms with Crippen molar-refractivity contribution in [1.82, 2.24) is 5.43 Å². The fraction of sp³-hybridized carbons (Fsp3) is 0.200.